The number of aromatic nitrogens is 3. The average molecular weight is 421 g/mol. The summed E-state index contributed by atoms with van der Waals surface area (Å²) in [4.78, 5) is 20.1. The molecule has 5 nitrogen and oxygen atoms in total. The van der Waals surface area contributed by atoms with Crippen molar-refractivity contribution in [3.8, 4) is 11.1 Å². The third-order valence-electron chi connectivity index (χ3n) is 6.20. The summed E-state index contributed by atoms with van der Waals surface area (Å²) in [5.74, 6) is -0.0211. The van der Waals surface area contributed by atoms with Crippen molar-refractivity contribution in [1.29, 1.82) is 0 Å². The van der Waals surface area contributed by atoms with Gasteiger partial charge in [-0.1, -0.05) is 19.1 Å². The molecule has 0 saturated carbocycles. The summed E-state index contributed by atoms with van der Waals surface area (Å²) in [7, 11) is 1.85. The Bertz CT molecular complexity index is 1100. The van der Waals surface area contributed by atoms with Crippen molar-refractivity contribution in [3.05, 3.63) is 70.6 Å². The highest BCUT2D eigenvalue weighted by molar-refractivity contribution is 5.94. The first-order valence-corrected chi connectivity index (χ1v) is 10.9. The number of hydrogen-bond acceptors (Lipinski definition) is 3. The molecule has 1 atom stereocenters. The maximum Gasteiger partial charge on any atom is 0.272 e. The average Bonchev–Trinajstić information content (AvgIpc) is 3.06. The highest BCUT2D eigenvalue weighted by atomic mass is 19.1. The van der Waals surface area contributed by atoms with E-state index in [-0.39, 0.29) is 17.6 Å². The zero-order valence-corrected chi connectivity index (χ0v) is 18.7. The normalized spacial score (nSPS) is 16.5. The van der Waals surface area contributed by atoms with E-state index in [0.717, 1.165) is 59.6 Å². The fourth-order valence-electron chi connectivity index (χ4n) is 4.59. The number of rotatable bonds is 4. The van der Waals surface area contributed by atoms with E-state index < -0.39 is 0 Å². The topological polar surface area (TPSA) is 51.0 Å². The molecule has 162 valence electrons. The number of benzene rings is 1. The lowest BCUT2D eigenvalue weighted by atomic mass is 9.92. The highest BCUT2D eigenvalue weighted by Crippen LogP contribution is 2.30. The van der Waals surface area contributed by atoms with Crippen LogP contribution in [0.2, 0.25) is 0 Å². The molecule has 31 heavy (non-hydrogen) atoms. The number of likely N-dealkylation sites (tertiary alicyclic amines) is 1. The van der Waals surface area contributed by atoms with Gasteiger partial charge >= 0.3 is 0 Å². The maximum absolute atomic E-state index is 13.3. The lowest BCUT2D eigenvalue weighted by Crippen LogP contribution is -2.40. The van der Waals surface area contributed by atoms with Crippen LogP contribution >= 0.6 is 0 Å². The van der Waals surface area contributed by atoms with Crippen molar-refractivity contribution in [2.45, 2.75) is 46.0 Å². The summed E-state index contributed by atoms with van der Waals surface area (Å²) in [5.41, 5.74) is 6.55. The maximum atomic E-state index is 13.3. The van der Waals surface area contributed by atoms with Crippen molar-refractivity contribution in [1.82, 2.24) is 19.7 Å². The van der Waals surface area contributed by atoms with Crippen molar-refractivity contribution in [2.24, 2.45) is 7.05 Å². The number of nitrogens with zero attached hydrogens (tertiary/aromatic N) is 4. The van der Waals surface area contributed by atoms with Gasteiger partial charge in [-0.3, -0.25) is 14.5 Å². The molecule has 4 rings (SSSR count). The molecule has 0 unspecified atom stereocenters. The Morgan fingerprint density at radius 3 is 2.58 bits per heavy atom. The van der Waals surface area contributed by atoms with Crippen LogP contribution in [-0.4, -0.2) is 38.7 Å². The van der Waals surface area contributed by atoms with Crippen LogP contribution in [0.4, 0.5) is 4.39 Å². The standard InChI is InChI=1S/C25H29FN4O/c1-5-22-17(3)24(29(4)28-22)25(31)30-12-6-7-19(15-30)23-14-20(13-16(2)27-23)18-8-10-21(26)11-9-18/h8-11,13-14,19H,5-7,12,15H2,1-4H3/t19-/m1/s1. The monoisotopic (exact) mass is 420 g/mol. The molecule has 0 spiro atoms. The largest absolute Gasteiger partial charge is 0.337 e. The molecular formula is C25H29FN4O. The van der Waals surface area contributed by atoms with Crippen molar-refractivity contribution in [3.63, 3.8) is 0 Å². The van der Waals surface area contributed by atoms with E-state index in [4.69, 9.17) is 4.98 Å². The van der Waals surface area contributed by atoms with Gasteiger partial charge < -0.3 is 4.90 Å². The van der Waals surface area contributed by atoms with Crippen molar-refractivity contribution < 1.29 is 9.18 Å². The number of hydrogen-bond donors (Lipinski definition) is 0. The van der Waals surface area contributed by atoms with Crippen LogP contribution < -0.4 is 0 Å². The Morgan fingerprint density at radius 1 is 1.16 bits per heavy atom. The van der Waals surface area contributed by atoms with Crippen LogP contribution in [0.15, 0.2) is 36.4 Å². The number of piperidine rings is 1. The molecule has 0 radical (unpaired) electrons. The van der Waals surface area contributed by atoms with E-state index in [1.54, 1.807) is 16.8 Å². The second-order valence-electron chi connectivity index (χ2n) is 8.42. The number of amides is 1. The van der Waals surface area contributed by atoms with Gasteiger partial charge in [-0.2, -0.15) is 5.10 Å². The van der Waals surface area contributed by atoms with Gasteiger partial charge in [-0.05, 0) is 68.5 Å². The smallest absolute Gasteiger partial charge is 0.272 e. The molecule has 0 N–H and O–H groups in total. The van der Waals surface area contributed by atoms with Gasteiger partial charge in [0.2, 0.25) is 0 Å². The number of aryl methyl sites for hydroxylation is 3. The SMILES string of the molecule is CCc1nn(C)c(C(=O)N2CCC[C@@H](c3cc(-c4ccc(F)cc4)cc(C)n3)C2)c1C. The van der Waals surface area contributed by atoms with Gasteiger partial charge in [0.1, 0.15) is 11.5 Å². The van der Waals surface area contributed by atoms with Gasteiger partial charge in [-0.15, -0.1) is 0 Å². The van der Waals surface area contributed by atoms with Crippen molar-refractivity contribution in [2.75, 3.05) is 13.1 Å². The number of pyridine rings is 1. The Kier molecular flexibility index (Phi) is 5.90. The van der Waals surface area contributed by atoms with E-state index >= 15 is 0 Å². The van der Waals surface area contributed by atoms with E-state index in [2.05, 4.69) is 18.1 Å². The summed E-state index contributed by atoms with van der Waals surface area (Å²) in [6.45, 7) is 7.41. The Morgan fingerprint density at radius 2 is 1.90 bits per heavy atom. The first kappa shape index (κ1) is 21.2. The fourth-order valence-corrected chi connectivity index (χ4v) is 4.59. The quantitative estimate of drug-likeness (QED) is 0.608. The molecule has 2 aromatic heterocycles. The van der Waals surface area contributed by atoms with Gasteiger partial charge in [0, 0.05) is 43.0 Å². The summed E-state index contributed by atoms with van der Waals surface area (Å²) in [6, 6.07) is 10.7. The van der Waals surface area contributed by atoms with E-state index in [0.29, 0.717) is 12.2 Å². The van der Waals surface area contributed by atoms with Crippen LogP contribution in [0.5, 0.6) is 0 Å². The molecule has 1 amide bonds. The lowest BCUT2D eigenvalue weighted by molar-refractivity contribution is 0.0694. The molecule has 1 aliphatic heterocycles. The van der Waals surface area contributed by atoms with Crippen molar-refractivity contribution >= 4 is 5.91 Å². The second kappa shape index (κ2) is 8.61. The molecule has 1 saturated heterocycles. The minimum Gasteiger partial charge on any atom is -0.337 e. The van der Waals surface area contributed by atoms with Gasteiger partial charge in [0.15, 0.2) is 0 Å². The number of carbonyl (C=O) groups excluding carboxylic acids is 1. The third-order valence-corrected chi connectivity index (χ3v) is 6.20. The van der Waals surface area contributed by atoms with Crippen LogP contribution in [-0.2, 0) is 13.5 Å². The highest BCUT2D eigenvalue weighted by Gasteiger charge is 2.29. The predicted molar refractivity (Wildman–Crippen MR) is 120 cm³/mol. The molecule has 1 fully saturated rings. The summed E-state index contributed by atoms with van der Waals surface area (Å²) in [6.07, 6.45) is 2.75. The fraction of sp³-hybridized carbons (Fsp3) is 0.400. The Balaban J connectivity index is 1.60. The molecular weight excluding hydrogens is 391 g/mol. The molecule has 1 aromatic carbocycles. The minimum atomic E-state index is -0.243. The molecule has 1 aliphatic rings. The van der Waals surface area contributed by atoms with Crippen LogP contribution in [0.1, 0.15) is 58.8 Å². The van der Waals surface area contributed by atoms with E-state index in [1.165, 1.54) is 12.1 Å². The summed E-state index contributed by atoms with van der Waals surface area (Å²) < 4.78 is 15.1. The second-order valence-corrected chi connectivity index (χ2v) is 8.42. The molecule has 0 bridgehead atoms. The number of halogens is 1. The van der Waals surface area contributed by atoms with Crippen LogP contribution in [0.25, 0.3) is 11.1 Å². The first-order chi connectivity index (χ1) is 14.9. The van der Waals surface area contributed by atoms with Crippen LogP contribution in [0.3, 0.4) is 0 Å². The zero-order chi connectivity index (χ0) is 22.1. The third kappa shape index (κ3) is 4.24. The van der Waals surface area contributed by atoms with E-state index in [9.17, 15) is 9.18 Å². The first-order valence-electron chi connectivity index (χ1n) is 10.9. The summed E-state index contributed by atoms with van der Waals surface area (Å²) >= 11 is 0. The van der Waals surface area contributed by atoms with Gasteiger partial charge in [-0.25, -0.2) is 4.39 Å². The van der Waals surface area contributed by atoms with Crippen LogP contribution in [0, 0.1) is 19.7 Å². The molecule has 3 heterocycles. The summed E-state index contributed by atoms with van der Waals surface area (Å²) in [5, 5.41) is 4.51. The molecule has 0 aliphatic carbocycles. The predicted octanol–water partition coefficient (Wildman–Crippen LogP) is 4.82. The van der Waals surface area contributed by atoms with Gasteiger partial charge in [0.25, 0.3) is 5.91 Å². The molecule has 6 heteroatoms. The minimum absolute atomic E-state index is 0.0447. The Labute approximate surface area is 182 Å². The lowest BCUT2D eigenvalue weighted by Gasteiger charge is -2.33. The van der Waals surface area contributed by atoms with E-state index in [1.807, 2.05) is 31.9 Å². The number of carbonyl (C=O) groups is 1. The zero-order valence-electron chi connectivity index (χ0n) is 18.7. The van der Waals surface area contributed by atoms with Gasteiger partial charge in [0.05, 0.1) is 5.69 Å². The molecule has 3 aromatic rings. The Hall–Kier alpha value is -3.02.